The Balaban J connectivity index is 2.03. The molecule has 3 heteroatoms. The molecule has 0 aliphatic heterocycles. The zero-order valence-corrected chi connectivity index (χ0v) is 7.89. The van der Waals surface area contributed by atoms with E-state index in [1.165, 1.54) is 0 Å². The SMILES string of the molecule is CNCC(C)CNC(=O)C1CC1. The maximum Gasteiger partial charge on any atom is 0.223 e. The minimum Gasteiger partial charge on any atom is -0.356 e. The lowest BCUT2D eigenvalue weighted by Gasteiger charge is -2.11. The average molecular weight is 170 g/mol. The normalized spacial score (nSPS) is 18.8. The highest BCUT2D eigenvalue weighted by Crippen LogP contribution is 2.28. The highest BCUT2D eigenvalue weighted by atomic mass is 16.2. The molecule has 1 fully saturated rings. The van der Waals surface area contributed by atoms with Gasteiger partial charge in [-0.15, -0.1) is 0 Å². The van der Waals surface area contributed by atoms with Crippen LogP contribution in [0.3, 0.4) is 0 Å². The van der Waals surface area contributed by atoms with E-state index in [4.69, 9.17) is 0 Å². The monoisotopic (exact) mass is 170 g/mol. The summed E-state index contributed by atoms with van der Waals surface area (Å²) in [5, 5.41) is 6.03. The largest absolute Gasteiger partial charge is 0.356 e. The molecule has 0 aromatic carbocycles. The smallest absolute Gasteiger partial charge is 0.223 e. The number of nitrogens with one attached hydrogen (secondary N) is 2. The zero-order chi connectivity index (χ0) is 8.97. The lowest BCUT2D eigenvalue weighted by molar-refractivity contribution is -0.122. The van der Waals surface area contributed by atoms with E-state index in [1.807, 2.05) is 7.05 Å². The third-order valence-electron chi connectivity index (χ3n) is 2.13. The number of amides is 1. The molecule has 3 nitrogen and oxygen atoms in total. The van der Waals surface area contributed by atoms with E-state index in [2.05, 4.69) is 17.6 Å². The Bertz CT molecular complexity index is 155. The van der Waals surface area contributed by atoms with Gasteiger partial charge in [-0.25, -0.2) is 0 Å². The quantitative estimate of drug-likeness (QED) is 0.626. The van der Waals surface area contributed by atoms with Crippen LogP contribution in [0.1, 0.15) is 19.8 Å². The van der Waals surface area contributed by atoms with Gasteiger partial charge in [0.1, 0.15) is 0 Å². The summed E-state index contributed by atoms with van der Waals surface area (Å²) in [5.41, 5.74) is 0. The number of carbonyl (C=O) groups is 1. The van der Waals surface area contributed by atoms with E-state index in [0.717, 1.165) is 25.9 Å². The third-order valence-corrected chi connectivity index (χ3v) is 2.13. The van der Waals surface area contributed by atoms with Crippen LogP contribution in [-0.2, 0) is 4.79 Å². The predicted molar refractivity (Wildman–Crippen MR) is 48.8 cm³/mol. The maximum atomic E-state index is 11.2. The Kier molecular flexibility index (Phi) is 3.53. The second kappa shape index (κ2) is 4.45. The highest BCUT2D eigenvalue weighted by molar-refractivity contribution is 5.80. The number of rotatable bonds is 5. The van der Waals surface area contributed by atoms with Gasteiger partial charge in [-0.2, -0.15) is 0 Å². The van der Waals surface area contributed by atoms with Gasteiger partial charge < -0.3 is 10.6 Å². The molecule has 0 radical (unpaired) electrons. The molecule has 2 N–H and O–H groups in total. The van der Waals surface area contributed by atoms with Crippen molar-refractivity contribution >= 4 is 5.91 Å². The summed E-state index contributed by atoms with van der Waals surface area (Å²) < 4.78 is 0. The second-order valence-electron chi connectivity index (χ2n) is 3.68. The summed E-state index contributed by atoms with van der Waals surface area (Å²) in [6.45, 7) is 3.89. The Morgan fingerprint density at radius 3 is 2.67 bits per heavy atom. The van der Waals surface area contributed by atoms with Crippen molar-refractivity contribution in [3.8, 4) is 0 Å². The molecule has 12 heavy (non-hydrogen) atoms. The van der Waals surface area contributed by atoms with Crippen molar-refractivity contribution in [2.75, 3.05) is 20.1 Å². The average Bonchev–Trinajstić information content (AvgIpc) is 2.83. The van der Waals surface area contributed by atoms with Crippen molar-refractivity contribution in [2.45, 2.75) is 19.8 Å². The van der Waals surface area contributed by atoms with E-state index >= 15 is 0 Å². The van der Waals surface area contributed by atoms with Gasteiger partial charge in [0.2, 0.25) is 5.91 Å². The Morgan fingerprint density at radius 2 is 2.17 bits per heavy atom. The van der Waals surface area contributed by atoms with Crippen molar-refractivity contribution in [3.05, 3.63) is 0 Å². The summed E-state index contributed by atoms with van der Waals surface area (Å²) >= 11 is 0. The minimum absolute atomic E-state index is 0.248. The van der Waals surface area contributed by atoms with Gasteiger partial charge in [0.25, 0.3) is 0 Å². The van der Waals surface area contributed by atoms with Crippen LogP contribution in [0, 0.1) is 11.8 Å². The van der Waals surface area contributed by atoms with E-state index in [9.17, 15) is 4.79 Å². The van der Waals surface area contributed by atoms with E-state index in [-0.39, 0.29) is 5.91 Å². The summed E-state index contributed by atoms with van der Waals surface area (Å²) in [6.07, 6.45) is 2.18. The Labute approximate surface area is 73.9 Å². The van der Waals surface area contributed by atoms with Crippen LogP contribution >= 0.6 is 0 Å². The molecule has 1 aliphatic rings. The maximum absolute atomic E-state index is 11.2. The van der Waals surface area contributed by atoms with Crippen LogP contribution in [0.25, 0.3) is 0 Å². The van der Waals surface area contributed by atoms with E-state index in [1.54, 1.807) is 0 Å². The molecule has 0 aromatic rings. The summed E-state index contributed by atoms with van der Waals surface area (Å²) in [7, 11) is 1.93. The lowest BCUT2D eigenvalue weighted by Crippen LogP contribution is -2.32. The van der Waals surface area contributed by atoms with E-state index in [0.29, 0.717) is 11.8 Å². The summed E-state index contributed by atoms with van der Waals surface area (Å²) in [4.78, 5) is 11.2. The molecule has 0 bridgehead atoms. The molecule has 1 saturated carbocycles. The van der Waals surface area contributed by atoms with Gasteiger partial charge in [-0.3, -0.25) is 4.79 Å². The number of hydrogen-bond donors (Lipinski definition) is 2. The Hall–Kier alpha value is -0.570. The summed E-state index contributed by atoms with van der Waals surface area (Å²) in [5.74, 6) is 1.11. The highest BCUT2D eigenvalue weighted by Gasteiger charge is 2.29. The molecular formula is C9H18N2O. The molecule has 1 rings (SSSR count). The zero-order valence-electron chi connectivity index (χ0n) is 7.89. The van der Waals surface area contributed by atoms with Crippen molar-refractivity contribution in [1.82, 2.24) is 10.6 Å². The van der Waals surface area contributed by atoms with Crippen LogP contribution in [0.4, 0.5) is 0 Å². The van der Waals surface area contributed by atoms with Gasteiger partial charge in [-0.05, 0) is 32.4 Å². The molecule has 0 spiro atoms. The molecule has 1 amide bonds. The number of hydrogen-bond acceptors (Lipinski definition) is 2. The topological polar surface area (TPSA) is 41.1 Å². The van der Waals surface area contributed by atoms with Gasteiger partial charge >= 0.3 is 0 Å². The molecule has 1 atom stereocenters. The first-order valence-corrected chi connectivity index (χ1v) is 4.66. The second-order valence-corrected chi connectivity index (χ2v) is 3.68. The first kappa shape index (κ1) is 9.52. The van der Waals surface area contributed by atoms with Crippen LogP contribution in [0.5, 0.6) is 0 Å². The first-order chi connectivity index (χ1) is 5.74. The van der Waals surface area contributed by atoms with Gasteiger partial charge in [0.15, 0.2) is 0 Å². The molecule has 1 aliphatic carbocycles. The van der Waals surface area contributed by atoms with Gasteiger partial charge in [0.05, 0.1) is 0 Å². The summed E-state index contributed by atoms with van der Waals surface area (Å²) in [6, 6.07) is 0. The Morgan fingerprint density at radius 1 is 1.50 bits per heavy atom. The van der Waals surface area contributed by atoms with E-state index < -0.39 is 0 Å². The van der Waals surface area contributed by atoms with Gasteiger partial charge in [0, 0.05) is 12.5 Å². The lowest BCUT2D eigenvalue weighted by atomic mass is 10.2. The molecule has 1 unspecified atom stereocenters. The van der Waals surface area contributed by atoms with Crippen molar-refractivity contribution < 1.29 is 4.79 Å². The molecule has 0 aromatic heterocycles. The molecule has 70 valence electrons. The minimum atomic E-state index is 0.248. The molecule has 0 saturated heterocycles. The van der Waals surface area contributed by atoms with Crippen LogP contribution in [0.15, 0.2) is 0 Å². The third kappa shape index (κ3) is 3.22. The molecular weight excluding hydrogens is 152 g/mol. The fraction of sp³-hybridized carbons (Fsp3) is 0.889. The standard InChI is InChI=1S/C9H18N2O/c1-7(5-10-2)6-11-9(12)8-3-4-8/h7-8,10H,3-6H2,1-2H3,(H,11,12). The predicted octanol–water partition coefficient (Wildman–Crippen LogP) is 0.368. The first-order valence-electron chi connectivity index (χ1n) is 4.66. The van der Waals surface area contributed by atoms with Crippen LogP contribution < -0.4 is 10.6 Å². The van der Waals surface area contributed by atoms with Crippen molar-refractivity contribution in [1.29, 1.82) is 0 Å². The van der Waals surface area contributed by atoms with Crippen molar-refractivity contribution in [2.24, 2.45) is 11.8 Å². The number of carbonyl (C=O) groups excluding carboxylic acids is 1. The van der Waals surface area contributed by atoms with Gasteiger partial charge in [-0.1, -0.05) is 6.92 Å². The van der Waals surface area contributed by atoms with Crippen molar-refractivity contribution in [3.63, 3.8) is 0 Å². The molecule has 0 heterocycles. The fourth-order valence-electron chi connectivity index (χ4n) is 1.19. The fourth-order valence-corrected chi connectivity index (χ4v) is 1.19. The van der Waals surface area contributed by atoms with Crippen LogP contribution in [0.2, 0.25) is 0 Å². The van der Waals surface area contributed by atoms with Crippen LogP contribution in [-0.4, -0.2) is 26.0 Å².